The van der Waals surface area contributed by atoms with Gasteiger partial charge in [-0.1, -0.05) is 0 Å². The molecule has 1 aromatic carbocycles. The summed E-state index contributed by atoms with van der Waals surface area (Å²) in [4.78, 5) is 9.37. The number of nitrogens with zero attached hydrogens (tertiary/aromatic N) is 2. The molecule has 20 heavy (non-hydrogen) atoms. The maximum Gasteiger partial charge on any atom is 0.312 e. The number of hydrogen-bond donors (Lipinski definition) is 3. The zero-order chi connectivity index (χ0) is 15.3. The van der Waals surface area contributed by atoms with E-state index < -0.39 is 44.5 Å². The fraction of sp³-hybridized carbons (Fsp3) is 0.400. The van der Waals surface area contributed by atoms with Crippen LogP contribution in [-0.2, 0) is 10.0 Å². The lowest BCUT2D eigenvalue weighted by Gasteiger charge is -2.20. The molecular weight excluding hydrogens is 292 g/mol. The molecule has 0 bridgehead atoms. The van der Waals surface area contributed by atoms with Gasteiger partial charge in [-0.05, 0) is 12.1 Å². The van der Waals surface area contributed by atoms with Crippen molar-refractivity contribution < 1.29 is 28.7 Å². The lowest BCUT2D eigenvalue weighted by atomic mass is 10.3. The molecule has 0 aliphatic rings. The molecule has 0 radical (unpaired) electrons. The number of phenolic OH excluding ortho intramolecular Hbond substituents is 1. The molecule has 112 valence electrons. The molecule has 0 unspecified atom stereocenters. The van der Waals surface area contributed by atoms with Crippen molar-refractivity contribution in [2.24, 2.45) is 0 Å². The molecule has 0 aliphatic carbocycles. The topological polar surface area (TPSA) is 141 Å². The summed E-state index contributed by atoms with van der Waals surface area (Å²) in [7, 11) is -4.10. The Bertz CT molecular complexity index is 581. The number of phenols is 1. The molecule has 0 heterocycles. The normalized spacial score (nSPS) is 11.8. The van der Waals surface area contributed by atoms with Gasteiger partial charge in [0.25, 0.3) is 0 Å². The Morgan fingerprint density at radius 1 is 1.20 bits per heavy atom. The summed E-state index contributed by atoms with van der Waals surface area (Å²) in [6, 6.07) is 2.65. The van der Waals surface area contributed by atoms with Crippen LogP contribution in [0.1, 0.15) is 0 Å². The number of nitro benzene ring substituents is 1. The molecule has 0 saturated heterocycles. The van der Waals surface area contributed by atoms with Gasteiger partial charge in [0, 0.05) is 19.2 Å². The van der Waals surface area contributed by atoms with E-state index >= 15 is 0 Å². The zero-order valence-corrected chi connectivity index (χ0v) is 11.2. The number of rotatable bonds is 7. The summed E-state index contributed by atoms with van der Waals surface area (Å²) < 4.78 is 25.2. The van der Waals surface area contributed by atoms with Crippen molar-refractivity contribution >= 4 is 15.7 Å². The van der Waals surface area contributed by atoms with E-state index in [1.807, 2.05) is 0 Å². The van der Waals surface area contributed by atoms with Crippen LogP contribution >= 0.6 is 0 Å². The van der Waals surface area contributed by atoms with Crippen LogP contribution in [0.2, 0.25) is 0 Å². The number of benzene rings is 1. The highest BCUT2D eigenvalue weighted by atomic mass is 32.2. The second-order valence-electron chi connectivity index (χ2n) is 3.76. The fourth-order valence-corrected chi connectivity index (χ4v) is 2.98. The molecule has 0 fully saturated rings. The van der Waals surface area contributed by atoms with Crippen molar-refractivity contribution in [1.82, 2.24) is 4.31 Å². The summed E-state index contributed by atoms with van der Waals surface area (Å²) in [5.41, 5.74) is -0.737. The van der Waals surface area contributed by atoms with Crippen LogP contribution in [-0.4, -0.2) is 59.3 Å². The summed E-state index contributed by atoms with van der Waals surface area (Å²) in [6.45, 7) is -1.42. The van der Waals surface area contributed by atoms with Gasteiger partial charge in [-0.15, -0.1) is 0 Å². The number of nitro groups is 1. The van der Waals surface area contributed by atoms with Gasteiger partial charge < -0.3 is 15.3 Å². The Kier molecular flexibility index (Phi) is 5.39. The van der Waals surface area contributed by atoms with Gasteiger partial charge >= 0.3 is 5.69 Å². The number of hydrogen-bond acceptors (Lipinski definition) is 7. The summed E-state index contributed by atoms with van der Waals surface area (Å²) in [5.74, 6) is -0.648. The third-order valence-electron chi connectivity index (χ3n) is 2.48. The van der Waals surface area contributed by atoms with E-state index in [1.165, 1.54) is 0 Å². The van der Waals surface area contributed by atoms with E-state index in [0.29, 0.717) is 0 Å². The van der Waals surface area contributed by atoms with Crippen molar-refractivity contribution in [3.8, 4) is 5.75 Å². The highest BCUT2D eigenvalue weighted by Crippen LogP contribution is 2.29. The van der Waals surface area contributed by atoms with Crippen LogP contribution < -0.4 is 0 Å². The van der Waals surface area contributed by atoms with Crippen molar-refractivity contribution in [3.05, 3.63) is 28.3 Å². The van der Waals surface area contributed by atoms with E-state index in [-0.39, 0.29) is 13.1 Å². The minimum atomic E-state index is -4.10. The first-order chi connectivity index (χ1) is 9.34. The number of aromatic hydroxyl groups is 1. The predicted octanol–water partition coefficient (Wildman–Crippen LogP) is -0.724. The SMILES string of the molecule is O=[N+]([O-])c1cc(S(=O)(=O)N(CCO)CCO)ccc1O. The molecule has 0 atom stereocenters. The third kappa shape index (κ3) is 3.42. The largest absolute Gasteiger partial charge is 0.502 e. The monoisotopic (exact) mass is 306 g/mol. The van der Waals surface area contributed by atoms with E-state index in [9.17, 15) is 23.6 Å². The Morgan fingerprint density at radius 3 is 2.20 bits per heavy atom. The summed E-state index contributed by atoms with van der Waals surface area (Å²) >= 11 is 0. The van der Waals surface area contributed by atoms with Crippen molar-refractivity contribution in [3.63, 3.8) is 0 Å². The van der Waals surface area contributed by atoms with Gasteiger partial charge in [0.15, 0.2) is 5.75 Å². The van der Waals surface area contributed by atoms with Crippen molar-refractivity contribution in [1.29, 1.82) is 0 Å². The number of aliphatic hydroxyl groups excluding tert-OH is 2. The smallest absolute Gasteiger partial charge is 0.312 e. The van der Waals surface area contributed by atoms with Gasteiger partial charge in [-0.3, -0.25) is 10.1 Å². The molecule has 3 N–H and O–H groups in total. The number of sulfonamides is 1. The minimum Gasteiger partial charge on any atom is -0.502 e. The molecular formula is C10H14N2O7S. The molecule has 0 aliphatic heterocycles. The quantitative estimate of drug-likeness (QED) is 0.445. The van der Waals surface area contributed by atoms with Crippen molar-refractivity contribution in [2.45, 2.75) is 4.90 Å². The van der Waals surface area contributed by atoms with Crippen LogP contribution in [0.3, 0.4) is 0 Å². The highest BCUT2D eigenvalue weighted by Gasteiger charge is 2.26. The van der Waals surface area contributed by atoms with Crippen molar-refractivity contribution in [2.75, 3.05) is 26.3 Å². The number of aliphatic hydroxyl groups is 2. The zero-order valence-electron chi connectivity index (χ0n) is 10.3. The van der Waals surface area contributed by atoms with Gasteiger partial charge in [0.05, 0.1) is 23.0 Å². The first kappa shape index (κ1) is 16.3. The van der Waals surface area contributed by atoms with E-state index in [2.05, 4.69) is 0 Å². The van der Waals surface area contributed by atoms with E-state index in [1.54, 1.807) is 0 Å². The molecule has 0 spiro atoms. The van der Waals surface area contributed by atoms with Crippen LogP contribution in [0.5, 0.6) is 5.75 Å². The average molecular weight is 306 g/mol. The Balaban J connectivity index is 3.26. The molecule has 0 saturated carbocycles. The summed E-state index contributed by atoms with van der Waals surface area (Å²) in [5, 5.41) is 37.6. The second-order valence-corrected chi connectivity index (χ2v) is 5.70. The Hall–Kier alpha value is -1.75. The van der Waals surface area contributed by atoms with Crippen LogP contribution in [0, 0.1) is 10.1 Å². The molecule has 10 heteroatoms. The Labute approximate surface area is 114 Å². The second kappa shape index (κ2) is 6.61. The molecule has 0 aromatic heterocycles. The molecule has 1 rings (SSSR count). The van der Waals surface area contributed by atoms with Gasteiger partial charge in [0.1, 0.15) is 0 Å². The molecule has 1 aromatic rings. The van der Waals surface area contributed by atoms with Crippen LogP contribution in [0.25, 0.3) is 0 Å². The standard InChI is InChI=1S/C10H14N2O7S/c13-5-3-11(4-6-14)20(18,19)8-1-2-10(15)9(7-8)12(16)17/h1-2,7,13-15H,3-6H2. The van der Waals surface area contributed by atoms with E-state index in [4.69, 9.17) is 10.2 Å². The Morgan fingerprint density at radius 2 is 1.75 bits per heavy atom. The fourth-order valence-electron chi connectivity index (χ4n) is 1.53. The maximum atomic E-state index is 12.2. The van der Waals surface area contributed by atoms with E-state index in [0.717, 1.165) is 22.5 Å². The van der Waals surface area contributed by atoms with Gasteiger partial charge in [-0.2, -0.15) is 4.31 Å². The maximum absolute atomic E-state index is 12.2. The lowest BCUT2D eigenvalue weighted by molar-refractivity contribution is -0.386. The predicted molar refractivity (Wildman–Crippen MR) is 67.7 cm³/mol. The molecule has 9 nitrogen and oxygen atoms in total. The lowest BCUT2D eigenvalue weighted by Crippen LogP contribution is -2.35. The third-order valence-corrected chi connectivity index (χ3v) is 4.37. The van der Waals surface area contributed by atoms with Crippen LogP contribution in [0.4, 0.5) is 5.69 Å². The minimum absolute atomic E-state index is 0.252. The average Bonchev–Trinajstić information content (AvgIpc) is 2.38. The first-order valence-corrected chi connectivity index (χ1v) is 6.98. The van der Waals surface area contributed by atoms with Gasteiger partial charge in [-0.25, -0.2) is 8.42 Å². The van der Waals surface area contributed by atoms with Gasteiger partial charge in [0.2, 0.25) is 10.0 Å². The highest BCUT2D eigenvalue weighted by molar-refractivity contribution is 7.89. The van der Waals surface area contributed by atoms with Crippen LogP contribution in [0.15, 0.2) is 23.1 Å². The molecule has 0 amide bonds. The first-order valence-electron chi connectivity index (χ1n) is 5.54. The summed E-state index contributed by atoms with van der Waals surface area (Å²) in [6.07, 6.45) is 0.